The number of carbonyl (C=O) groups excluding carboxylic acids is 1. The van der Waals surface area contributed by atoms with Gasteiger partial charge in [0.05, 0.1) is 18.4 Å². The fourth-order valence-corrected chi connectivity index (χ4v) is 2.48. The standard InChI is InChI=1S/C16H18N2O2S/c1-3-10-20-15-7-5-4-6-14(15)16(19)18-17-11-13-9-8-12(2)21-13/h4-9,11H,3,10H2,1-2H3,(H,18,19)/b17-11+. The zero-order chi connectivity index (χ0) is 15.1. The quantitative estimate of drug-likeness (QED) is 0.654. The fraction of sp³-hybridized carbons (Fsp3) is 0.250. The van der Waals surface area contributed by atoms with Crippen molar-refractivity contribution in [2.75, 3.05) is 6.61 Å². The van der Waals surface area contributed by atoms with E-state index >= 15 is 0 Å². The van der Waals surface area contributed by atoms with E-state index in [4.69, 9.17) is 4.74 Å². The predicted octanol–water partition coefficient (Wildman–Crippen LogP) is 3.61. The Morgan fingerprint density at radius 3 is 2.86 bits per heavy atom. The number of hydrogen-bond acceptors (Lipinski definition) is 4. The Balaban J connectivity index is 2.01. The van der Waals surface area contributed by atoms with Crippen LogP contribution in [0, 0.1) is 6.92 Å². The molecule has 0 saturated carbocycles. The number of benzene rings is 1. The van der Waals surface area contributed by atoms with Crippen LogP contribution in [0.5, 0.6) is 5.75 Å². The Hall–Kier alpha value is -2.14. The molecule has 0 aliphatic rings. The zero-order valence-electron chi connectivity index (χ0n) is 12.1. The summed E-state index contributed by atoms with van der Waals surface area (Å²) in [6, 6.07) is 11.2. The van der Waals surface area contributed by atoms with Gasteiger partial charge in [0.1, 0.15) is 5.75 Å². The van der Waals surface area contributed by atoms with Crippen molar-refractivity contribution in [3.05, 3.63) is 51.7 Å². The summed E-state index contributed by atoms with van der Waals surface area (Å²) < 4.78 is 5.56. The van der Waals surface area contributed by atoms with E-state index in [9.17, 15) is 4.79 Å². The first-order chi connectivity index (χ1) is 10.2. The number of carbonyl (C=O) groups is 1. The Morgan fingerprint density at radius 1 is 1.33 bits per heavy atom. The number of hydrogen-bond donors (Lipinski definition) is 1. The summed E-state index contributed by atoms with van der Waals surface area (Å²) in [5, 5.41) is 3.98. The number of rotatable bonds is 6. The van der Waals surface area contributed by atoms with Crippen molar-refractivity contribution >= 4 is 23.5 Å². The van der Waals surface area contributed by atoms with Crippen LogP contribution in [0.25, 0.3) is 0 Å². The Labute approximate surface area is 128 Å². The third kappa shape index (κ3) is 4.43. The molecular weight excluding hydrogens is 284 g/mol. The van der Waals surface area contributed by atoms with Gasteiger partial charge in [-0.15, -0.1) is 11.3 Å². The zero-order valence-corrected chi connectivity index (χ0v) is 12.9. The molecule has 2 rings (SSSR count). The molecule has 4 nitrogen and oxygen atoms in total. The van der Waals surface area contributed by atoms with Gasteiger partial charge >= 0.3 is 0 Å². The van der Waals surface area contributed by atoms with Gasteiger partial charge in [0.15, 0.2) is 0 Å². The van der Waals surface area contributed by atoms with E-state index in [-0.39, 0.29) is 5.91 Å². The summed E-state index contributed by atoms with van der Waals surface area (Å²) in [4.78, 5) is 14.3. The van der Waals surface area contributed by atoms with E-state index in [0.29, 0.717) is 17.9 Å². The number of amides is 1. The van der Waals surface area contributed by atoms with Crippen LogP contribution in [-0.4, -0.2) is 18.7 Å². The van der Waals surface area contributed by atoms with E-state index in [1.54, 1.807) is 35.8 Å². The van der Waals surface area contributed by atoms with E-state index < -0.39 is 0 Å². The van der Waals surface area contributed by atoms with Crippen LogP contribution >= 0.6 is 11.3 Å². The summed E-state index contributed by atoms with van der Waals surface area (Å²) in [5.74, 6) is 0.310. The molecule has 0 spiro atoms. The molecule has 1 heterocycles. The molecule has 21 heavy (non-hydrogen) atoms. The van der Waals surface area contributed by atoms with Crippen LogP contribution in [-0.2, 0) is 0 Å². The Bertz CT molecular complexity index is 635. The normalized spacial score (nSPS) is 10.8. The van der Waals surface area contributed by atoms with Crippen LogP contribution in [0.15, 0.2) is 41.5 Å². The highest BCUT2D eigenvalue weighted by molar-refractivity contribution is 7.13. The van der Waals surface area contributed by atoms with Crippen molar-refractivity contribution in [1.82, 2.24) is 5.43 Å². The van der Waals surface area contributed by atoms with Crippen LogP contribution in [0.4, 0.5) is 0 Å². The van der Waals surface area contributed by atoms with Crippen molar-refractivity contribution < 1.29 is 9.53 Å². The van der Waals surface area contributed by atoms with E-state index in [2.05, 4.69) is 10.5 Å². The van der Waals surface area contributed by atoms with Crippen molar-refractivity contribution in [2.45, 2.75) is 20.3 Å². The molecule has 0 aliphatic carbocycles. The fourth-order valence-electron chi connectivity index (χ4n) is 1.73. The highest BCUT2D eigenvalue weighted by atomic mass is 32.1. The maximum Gasteiger partial charge on any atom is 0.275 e. The molecule has 0 unspecified atom stereocenters. The highest BCUT2D eigenvalue weighted by Gasteiger charge is 2.10. The van der Waals surface area contributed by atoms with Crippen LogP contribution in [0.3, 0.4) is 0 Å². The minimum atomic E-state index is -0.272. The summed E-state index contributed by atoms with van der Waals surface area (Å²) in [7, 11) is 0. The topological polar surface area (TPSA) is 50.7 Å². The number of nitrogens with zero attached hydrogens (tertiary/aromatic N) is 1. The maximum absolute atomic E-state index is 12.1. The van der Waals surface area contributed by atoms with Gasteiger partial charge < -0.3 is 4.74 Å². The third-order valence-electron chi connectivity index (χ3n) is 2.71. The molecule has 1 N–H and O–H groups in total. The van der Waals surface area contributed by atoms with Gasteiger partial charge in [-0.3, -0.25) is 4.79 Å². The summed E-state index contributed by atoms with van der Waals surface area (Å²) in [6.45, 7) is 4.64. The molecule has 2 aromatic rings. The van der Waals surface area contributed by atoms with Crippen LogP contribution < -0.4 is 10.2 Å². The van der Waals surface area contributed by atoms with Gasteiger partial charge in [0, 0.05) is 9.75 Å². The Kier molecular flexibility index (Phi) is 5.51. The molecule has 0 fully saturated rings. The average molecular weight is 302 g/mol. The second kappa shape index (κ2) is 7.59. The van der Waals surface area contributed by atoms with E-state index in [1.807, 2.05) is 32.0 Å². The van der Waals surface area contributed by atoms with Gasteiger partial charge in [0.25, 0.3) is 5.91 Å². The van der Waals surface area contributed by atoms with Crippen molar-refractivity contribution in [1.29, 1.82) is 0 Å². The minimum Gasteiger partial charge on any atom is -0.493 e. The number of ether oxygens (including phenoxy) is 1. The number of para-hydroxylation sites is 1. The number of thiophene rings is 1. The van der Waals surface area contributed by atoms with Gasteiger partial charge in [-0.25, -0.2) is 5.43 Å². The molecule has 0 aliphatic heterocycles. The highest BCUT2D eigenvalue weighted by Crippen LogP contribution is 2.18. The van der Waals surface area contributed by atoms with E-state index in [0.717, 1.165) is 11.3 Å². The lowest BCUT2D eigenvalue weighted by atomic mass is 10.2. The number of hydrazone groups is 1. The molecule has 0 radical (unpaired) electrons. The second-order valence-electron chi connectivity index (χ2n) is 4.49. The smallest absolute Gasteiger partial charge is 0.275 e. The van der Waals surface area contributed by atoms with Crippen molar-refractivity contribution in [2.24, 2.45) is 5.10 Å². The second-order valence-corrected chi connectivity index (χ2v) is 5.81. The molecule has 0 atom stereocenters. The van der Waals surface area contributed by atoms with Crippen molar-refractivity contribution in [3.63, 3.8) is 0 Å². The molecule has 0 saturated heterocycles. The lowest BCUT2D eigenvalue weighted by molar-refractivity contribution is 0.0951. The monoisotopic (exact) mass is 302 g/mol. The molecule has 1 aromatic carbocycles. The first-order valence-corrected chi connectivity index (χ1v) is 7.64. The minimum absolute atomic E-state index is 0.272. The average Bonchev–Trinajstić information content (AvgIpc) is 2.91. The van der Waals surface area contributed by atoms with Gasteiger partial charge in [-0.1, -0.05) is 19.1 Å². The van der Waals surface area contributed by atoms with Crippen LogP contribution in [0.1, 0.15) is 33.5 Å². The lowest BCUT2D eigenvalue weighted by Gasteiger charge is -2.09. The van der Waals surface area contributed by atoms with Gasteiger partial charge in [-0.2, -0.15) is 5.10 Å². The Morgan fingerprint density at radius 2 is 2.14 bits per heavy atom. The molecule has 1 aromatic heterocycles. The predicted molar refractivity (Wildman–Crippen MR) is 86.3 cm³/mol. The third-order valence-corrected chi connectivity index (χ3v) is 3.65. The molecule has 110 valence electrons. The first-order valence-electron chi connectivity index (χ1n) is 6.82. The maximum atomic E-state index is 12.1. The van der Waals surface area contributed by atoms with E-state index in [1.165, 1.54) is 4.88 Å². The molecule has 0 bridgehead atoms. The SMILES string of the molecule is CCCOc1ccccc1C(=O)N/N=C/c1ccc(C)s1. The largest absolute Gasteiger partial charge is 0.493 e. The van der Waals surface area contributed by atoms with Crippen molar-refractivity contribution in [3.8, 4) is 5.75 Å². The summed E-state index contributed by atoms with van der Waals surface area (Å²) in [5.41, 5.74) is 3.02. The molecule has 1 amide bonds. The first kappa shape index (κ1) is 15.3. The van der Waals surface area contributed by atoms with Crippen LogP contribution in [0.2, 0.25) is 0 Å². The molecular formula is C16H18N2O2S. The lowest BCUT2D eigenvalue weighted by Crippen LogP contribution is -2.18. The summed E-state index contributed by atoms with van der Waals surface area (Å²) in [6.07, 6.45) is 2.54. The van der Waals surface area contributed by atoms with Gasteiger partial charge in [-0.05, 0) is 37.6 Å². The number of nitrogens with one attached hydrogen (secondary N) is 1. The number of aryl methyl sites for hydroxylation is 1. The molecule has 5 heteroatoms. The summed E-state index contributed by atoms with van der Waals surface area (Å²) >= 11 is 1.62. The van der Waals surface area contributed by atoms with Gasteiger partial charge in [0.2, 0.25) is 0 Å².